The maximum Gasteiger partial charge on any atom is 0.317 e. The van der Waals surface area contributed by atoms with E-state index in [0.717, 1.165) is 42.4 Å². The molecule has 29 heavy (non-hydrogen) atoms. The largest absolute Gasteiger partial charge is 0.381 e. The number of hydrogen-bond acceptors (Lipinski definition) is 3. The number of aromatic amines is 1. The molecule has 0 aliphatic carbocycles. The van der Waals surface area contributed by atoms with Gasteiger partial charge in [-0.3, -0.25) is 4.79 Å². The Balaban J connectivity index is 1.32. The predicted octanol–water partition coefficient (Wildman–Crippen LogP) is 2.99. The summed E-state index contributed by atoms with van der Waals surface area (Å²) in [6.45, 7) is 2.94. The highest BCUT2D eigenvalue weighted by molar-refractivity contribution is 6.31. The van der Waals surface area contributed by atoms with E-state index in [1.54, 1.807) is 11.9 Å². The van der Waals surface area contributed by atoms with Gasteiger partial charge in [0.1, 0.15) is 0 Å². The minimum absolute atomic E-state index is 0.0246. The highest BCUT2D eigenvalue weighted by atomic mass is 35.5. The Hall–Kier alpha value is -2.25. The first kappa shape index (κ1) is 20.0. The third-order valence-corrected chi connectivity index (χ3v) is 6.16. The van der Waals surface area contributed by atoms with Crippen molar-refractivity contribution in [2.24, 2.45) is 5.92 Å². The lowest BCUT2D eigenvalue weighted by Crippen LogP contribution is -2.53. The molecule has 0 saturated carbocycles. The van der Waals surface area contributed by atoms with Gasteiger partial charge in [0, 0.05) is 48.4 Å². The number of ether oxygens (including phenoxy) is 1. The second-order valence-corrected chi connectivity index (χ2v) is 8.37. The lowest BCUT2D eigenvalue weighted by Gasteiger charge is -2.38. The van der Waals surface area contributed by atoms with Gasteiger partial charge in [0.25, 0.3) is 0 Å². The van der Waals surface area contributed by atoms with Crippen LogP contribution in [0.4, 0.5) is 4.79 Å². The lowest BCUT2D eigenvalue weighted by atomic mass is 10.0. The number of likely N-dealkylation sites (tertiary alicyclic amines) is 1. The van der Waals surface area contributed by atoms with E-state index in [1.165, 1.54) is 0 Å². The van der Waals surface area contributed by atoms with Crippen LogP contribution < -0.4 is 5.32 Å². The second-order valence-electron chi connectivity index (χ2n) is 7.94. The summed E-state index contributed by atoms with van der Waals surface area (Å²) in [4.78, 5) is 32.3. The smallest absolute Gasteiger partial charge is 0.317 e. The molecular weight excluding hydrogens is 392 g/mol. The number of carbonyl (C=O) groups is 2. The van der Waals surface area contributed by atoms with Crippen molar-refractivity contribution in [2.45, 2.75) is 31.8 Å². The first-order valence-corrected chi connectivity index (χ1v) is 10.5. The molecule has 2 aromatic rings. The van der Waals surface area contributed by atoms with Crippen LogP contribution in [0, 0.1) is 5.92 Å². The van der Waals surface area contributed by atoms with Crippen LogP contribution in [-0.2, 0) is 16.1 Å². The van der Waals surface area contributed by atoms with Gasteiger partial charge in [-0.2, -0.15) is 0 Å². The molecule has 4 rings (SSSR count). The van der Waals surface area contributed by atoms with Crippen molar-refractivity contribution in [1.29, 1.82) is 0 Å². The van der Waals surface area contributed by atoms with Crippen LogP contribution in [-0.4, -0.2) is 66.1 Å². The number of hydrogen-bond donors (Lipinski definition) is 2. The summed E-state index contributed by atoms with van der Waals surface area (Å²) in [5.41, 5.74) is 1.91. The number of H-pyrrole nitrogens is 1. The van der Waals surface area contributed by atoms with Crippen LogP contribution in [0.1, 0.15) is 25.0 Å². The number of carbonyl (C=O) groups excluding carboxylic acids is 2. The zero-order valence-corrected chi connectivity index (χ0v) is 17.4. The molecule has 0 bridgehead atoms. The van der Waals surface area contributed by atoms with Gasteiger partial charge >= 0.3 is 6.03 Å². The number of piperidine rings is 1. The van der Waals surface area contributed by atoms with E-state index < -0.39 is 0 Å². The molecule has 7 nitrogen and oxygen atoms in total. The summed E-state index contributed by atoms with van der Waals surface area (Å²) < 4.78 is 5.35. The number of likely N-dealkylation sites (N-methyl/N-ethyl adjacent to an activating group) is 1. The Bertz CT molecular complexity index is 893. The van der Waals surface area contributed by atoms with E-state index in [0.29, 0.717) is 31.3 Å². The average molecular weight is 419 g/mol. The van der Waals surface area contributed by atoms with E-state index >= 15 is 0 Å². The molecule has 2 atom stereocenters. The van der Waals surface area contributed by atoms with Gasteiger partial charge in [0.2, 0.25) is 5.91 Å². The molecule has 1 aromatic carbocycles. The first-order chi connectivity index (χ1) is 14.0. The van der Waals surface area contributed by atoms with Crippen LogP contribution >= 0.6 is 11.6 Å². The van der Waals surface area contributed by atoms with Crippen LogP contribution in [0.3, 0.4) is 0 Å². The summed E-state index contributed by atoms with van der Waals surface area (Å²) in [6.07, 6.45) is 2.61. The fourth-order valence-electron chi connectivity index (χ4n) is 4.18. The Morgan fingerprint density at radius 3 is 3.00 bits per heavy atom. The Morgan fingerprint density at radius 2 is 2.21 bits per heavy atom. The van der Waals surface area contributed by atoms with Crippen molar-refractivity contribution < 1.29 is 14.3 Å². The lowest BCUT2D eigenvalue weighted by molar-refractivity contribution is -0.137. The topological polar surface area (TPSA) is 77.7 Å². The summed E-state index contributed by atoms with van der Waals surface area (Å²) in [7, 11) is 1.80. The maximum atomic E-state index is 12.7. The number of amides is 3. The number of rotatable bonds is 4. The SMILES string of the molecule is CN(C(=O)NCc1cc2cc(Cl)ccc2[nH]1)[C@@H]1CCCN(C(=O)C2CCOC2)C1. The molecule has 2 aliphatic heterocycles. The molecule has 2 fully saturated rings. The van der Waals surface area contributed by atoms with Crippen molar-refractivity contribution >= 4 is 34.4 Å². The van der Waals surface area contributed by atoms with Crippen molar-refractivity contribution in [1.82, 2.24) is 20.1 Å². The minimum atomic E-state index is -0.134. The van der Waals surface area contributed by atoms with Gasteiger partial charge in [0.05, 0.1) is 25.1 Å². The van der Waals surface area contributed by atoms with Crippen LogP contribution in [0.15, 0.2) is 24.3 Å². The number of urea groups is 1. The third-order valence-electron chi connectivity index (χ3n) is 5.92. The molecule has 156 valence electrons. The summed E-state index contributed by atoms with van der Waals surface area (Å²) >= 11 is 6.03. The van der Waals surface area contributed by atoms with Crippen LogP contribution in [0.5, 0.6) is 0 Å². The number of nitrogens with zero attached hydrogens (tertiary/aromatic N) is 2. The molecule has 2 saturated heterocycles. The Labute approximate surface area is 175 Å². The highest BCUT2D eigenvalue weighted by Crippen LogP contribution is 2.22. The van der Waals surface area contributed by atoms with E-state index in [-0.39, 0.29) is 23.9 Å². The molecule has 1 unspecified atom stereocenters. The molecule has 1 aromatic heterocycles. The van der Waals surface area contributed by atoms with E-state index in [2.05, 4.69) is 10.3 Å². The molecule has 8 heteroatoms. The summed E-state index contributed by atoms with van der Waals surface area (Å²) in [5.74, 6) is 0.140. The number of aromatic nitrogens is 1. The maximum absolute atomic E-state index is 12.7. The summed E-state index contributed by atoms with van der Waals surface area (Å²) in [6, 6.07) is 7.55. The molecule has 2 N–H and O–H groups in total. The van der Waals surface area contributed by atoms with Gasteiger partial charge in [-0.1, -0.05) is 11.6 Å². The third kappa shape index (κ3) is 4.51. The van der Waals surface area contributed by atoms with Gasteiger partial charge < -0.3 is 24.8 Å². The van der Waals surface area contributed by atoms with Gasteiger partial charge in [-0.05, 0) is 43.5 Å². The quantitative estimate of drug-likeness (QED) is 0.801. The normalized spacial score (nSPS) is 22.1. The van der Waals surface area contributed by atoms with Crippen LogP contribution in [0.25, 0.3) is 10.9 Å². The zero-order chi connectivity index (χ0) is 20.4. The number of fused-ring (bicyclic) bond motifs is 1. The number of nitrogens with one attached hydrogen (secondary N) is 2. The molecule has 0 radical (unpaired) electrons. The number of benzene rings is 1. The summed E-state index contributed by atoms with van der Waals surface area (Å²) in [5, 5.41) is 4.68. The molecule has 3 amide bonds. The van der Waals surface area contributed by atoms with Gasteiger partial charge in [0.15, 0.2) is 0 Å². The van der Waals surface area contributed by atoms with Crippen molar-refractivity contribution in [2.75, 3.05) is 33.4 Å². The first-order valence-electron chi connectivity index (χ1n) is 10.2. The van der Waals surface area contributed by atoms with Crippen molar-refractivity contribution in [3.05, 3.63) is 35.0 Å². The zero-order valence-electron chi connectivity index (χ0n) is 16.6. The monoisotopic (exact) mass is 418 g/mol. The predicted molar refractivity (Wildman–Crippen MR) is 112 cm³/mol. The molecule has 2 aliphatic rings. The van der Waals surface area contributed by atoms with Gasteiger partial charge in [-0.15, -0.1) is 0 Å². The van der Waals surface area contributed by atoms with Gasteiger partial charge in [-0.25, -0.2) is 4.79 Å². The standard InChI is InChI=1S/C21H27ClN4O3/c1-25(18-3-2-7-26(12-18)20(27)14-6-8-29-13-14)21(28)23-11-17-10-15-9-16(22)4-5-19(15)24-17/h4-5,9-10,14,18,24H,2-3,6-8,11-13H2,1H3,(H,23,28)/t14?,18-/m1/s1. The molecule has 3 heterocycles. The highest BCUT2D eigenvalue weighted by Gasteiger charge is 2.33. The van der Waals surface area contributed by atoms with E-state index in [9.17, 15) is 9.59 Å². The second kappa shape index (κ2) is 8.63. The fraction of sp³-hybridized carbons (Fsp3) is 0.524. The van der Waals surface area contributed by atoms with Crippen molar-refractivity contribution in [3.8, 4) is 0 Å². The fourth-order valence-corrected chi connectivity index (χ4v) is 4.36. The Morgan fingerprint density at radius 1 is 1.34 bits per heavy atom. The molecule has 0 spiro atoms. The van der Waals surface area contributed by atoms with Crippen molar-refractivity contribution in [3.63, 3.8) is 0 Å². The minimum Gasteiger partial charge on any atom is -0.381 e. The average Bonchev–Trinajstić information content (AvgIpc) is 3.40. The molecular formula is C21H27ClN4O3. The van der Waals surface area contributed by atoms with Crippen LogP contribution in [0.2, 0.25) is 5.02 Å². The number of halogens is 1. The van der Waals surface area contributed by atoms with E-state index in [4.69, 9.17) is 16.3 Å². The Kier molecular flexibility index (Phi) is 5.96. The van der Waals surface area contributed by atoms with E-state index in [1.807, 2.05) is 29.2 Å².